The van der Waals surface area contributed by atoms with Gasteiger partial charge in [-0.2, -0.15) is 5.26 Å². The van der Waals surface area contributed by atoms with Crippen LogP contribution in [-0.4, -0.2) is 9.55 Å². The quantitative estimate of drug-likeness (QED) is 0.783. The third kappa shape index (κ3) is 2.31. The van der Waals surface area contributed by atoms with Crippen molar-refractivity contribution in [3.8, 4) is 6.07 Å². The summed E-state index contributed by atoms with van der Waals surface area (Å²) in [6, 6.07) is 12.7. The standard InChI is InChI=1S/C17H13N3O2/c1-11-4-2-3-5-12(11)10-20-7-6-15-14(17(20)22)8-13(9-18)16(21)19-15/h2-8H,10H2,1H3,(H,19,21). The van der Waals surface area contributed by atoms with E-state index in [1.807, 2.05) is 31.2 Å². The van der Waals surface area contributed by atoms with Gasteiger partial charge in [0.15, 0.2) is 0 Å². The van der Waals surface area contributed by atoms with Crippen LogP contribution < -0.4 is 11.1 Å². The first kappa shape index (κ1) is 13.8. The molecule has 5 heteroatoms. The second-order valence-corrected chi connectivity index (χ2v) is 5.13. The van der Waals surface area contributed by atoms with E-state index in [-0.39, 0.29) is 11.1 Å². The highest BCUT2D eigenvalue weighted by atomic mass is 16.1. The predicted molar refractivity (Wildman–Crippen MR) is 83.8 cm³/mol. The number of aromatic amines is 1. The molecule has 2 heterocycles. The Bertz CT molecular complexity index is 1020. The molecule has 0 aliphatic rings. The van der Waals surface area contributed by atoms with Gasteiger partial charge >= 0.3 is 0 Å². The lowest BCUT2D eigenvalue weighted by molar-refractivity contribution is 0.763. The van der Waals surface area contributed by atoms with Gasteiger partial charge in [-0.25, -0.2) is 0 Å². The monoisotopic (exact) mass is 291 g/mol. The van der Waals surface area contributed by atoms with Crippen LogP contribution in [0.25, 0.3) is 10.9 Å². The van der Waals surface area contributed by atoms with Gasteiger partial charge < -0.3 is 9.55 Å². The molecule has 0 bridgehead atoms. The maximum Gasteiger partial charge on any atom is 0.266 e. The minimum Gasteiger partial charge on any atom is -0.321 e. The van der Waals surface area contributed by atoms with Crippen molar-refractivity contribution in [2.75, 3.05) is 0 Å². The summed E-state index contributed by atoms with van der Waals surface area (Å²) in [6.45, 7) is 2.44. The first-order valence-electron chi connectivity index (χ1n) is 6.81. The van der Waals surface area contributed by atoms with Crippen LogP contribution in [0.15, 0.2) is 52.2 Å². The molecule has 1 N–H and O–H groups in total. The first-order chi connectivity index (χ1) is 10.6. The molecule has 0 spiro atoms. The van der Waals surface area contributed by atoms with Crippen LogP contribution >= 0.6 is 0 Å². The van der Waals surface area contributed by atoms with Crippen molar-refractivity contribution < 1.29 is 0 Å². The molecule has 0 amide bonds. The van der Waals surface area contributed by atoms with Crippen LogP contribution in [0.1, 0.15) is 16.7 Å². The minimum absolute atomic E-state index is 0.0572. The summed E-state index contributed by atoms with van der Waals surface area (Å²) in [5.41, 5.74) is 1.83. The zero-order valence-electron chi connectivity index (χ0n) is 12.0. The van der Waals surface area contributed by atoms with E-state index in [1.54, 1.807) is 22.9 Å². The molecule has 0 saturated carbocycles. The number of nitrogens with one attached hydrogen (secondary N) is 1. The van der Waals surface area contributed by atoms with Crippen LogP contribution in [0, 0.1) is 18.3 Å². The van der Waals surface area contributed by atoms with Gasteiger partial charge in [0, 0.05) is 6.20 Å². The molecule has 0 saturated heterocycles. The third-order valence-corrected chi connectivity index (χ3v) is 3.71. The predicted octanol–water partition coefficient (Wildman–Crippen LogP) is 1.92. The van der Waals surface area contributed by atoms with Gasteiger partial charge in [-0.05, 0) is 30.2 Å². The smallest absolute Gasteiger partial charge is 0.266 e. The SMILES string of the molecule is Cc1ccccc1Cn1ccc2[nH]c(=O)c(C#N)cc2c1=O. The largest absolute Gasteiger partial charge is 0.321 e. The average molecular weight is 291 g/mol. The Morgan fingerprint density at radius 1 is 1.23 bits per heavy atom. The lowest BCUT2D eigenvalue weighted by atomic mass is 10.1. The molecule has 0 aliphatic heterocycles. The summed E-state index contributed by atoms with van der Waals surface area (Å²) >= 11 is 0. The molecule has 0 atom stereocenters. The molecule has 0 fully saturated rings. The number of nitrogens with zero attached hydrogens (tertiary/aromatic N) is 2. The number of rotatable bonds is 2. The molecule has 0 radical (unpaired) electrons. The van der Waals surface area contributed by atoms with E-state index in [0.717, 1.165) is 11.1 Å². The Hall–Kier alpha value is -3.13. The summed E-state index contributed by atoms with van der Waals surface area (Å²) in [6.07, 6.45) is 1.65. The fraction of sp³-hybridized carbons (Fsp3) is 0.118. The normalized spacial score (nSPS) is 10.5. The molecule has 0 aliphatic carbocycles. The maximum atomic E-state index is 12.6. The van der Waals surface area contributed by atoms with Crippen molar-refractivity contribution in [2.45, 2.75) is 13.5 Å². The maximum absolute atomic E-state index is 12.6. The Morgan fingerprint density at radius 3 is 2.73 bits per heavy atom. The summed E-state index contributed by atoms with van der Waals surface area (Å²) in [5, 5.41) is 9.27. The van der Waals surface area contributed by atoms with E-state index in [9.17, 15) is 9.59 Å². The second-order valence-electron chi connectivity index (χ2n) is 5.13. The molecular formula is C17H13N3O2. The van der Waals surface area contributed by atoms with Gasteiger partial charge in [0.05, 0.1) is 17.4 Å². The first-order valence-corrected chi connectivity index (χ1v) is 6.81. The van der Waals surface area contributed by atoms with Crippen molar-refractivity contribution in [1.82, 2.24) is 9.55 Å². The number of nitriles is 1. The lowest BCUT2D eigenvalue weighted by Crippen LogP contribution is -2.22. The number of aromatic nitrogens is 2. The zero-order chi connectivity index (χ0) is 15.7. The molecule has 1 aromatic carbocycles. The van der Waals surface area contributed by atoms with Crippen LogP contribution in [0.5, 0.6) is 0 Å². The van der Waals surface area contributed by atoms with E-state index in [0.29, 0.717) is 17.4 Å². The molecule has 3 aromatic rings. The molecule has 108 valence electrons. The Kier molecular flexibility index (Phi) is 3.36. The van der Waals surface area contributed by atoms with E-state index in [4.69, 9.17) is 5.26 Å². The van der Waals surface area contributed by atoms with Crippen LogP contribution in [0.4, 0.5) is 0 Å². The van der Waals surface area contributed by atoms with Gasteiger partial charge in [0.25, 0.3) is 11.1 Å². The number of pyridine rings is 2. The van der Waals surface area contributed by atoms with Crippen molar-refractivity contribution in [2.24, 2.45) is 0 Å². The fourth-order valence-corrected chi connectivity index (χ4v) is 2.42. The minimum atomic E-state index is -0.481. The Balaban J connectivity index is 2.17. The second kappa shape index (κ2) is 5.34. The van der Waals surface area contributed by atoms with Crippen LogP contribution in [-0.2, 0) is 6.54 Å². The van der Waals surface area contributed by atoms with E-state index < -0.39 is 5.56 Å². The highest BCUT2D eigenvalue weighted by Crippen LogP contribution is 2.10. The van der Waals surface area contributed by atoms with Gasteiger partial charge in [0.1, 0.15) is 11.6 Å². The van der Waals surface area contributed by atoms with Crippen molar-refractivity contribution >= 4 is 10.9 Å². The zero-order valence-corrected chi connectivity index (χ0v) is 12.0. The average Bonchev–Trinajstić information content (AvgIpc) is 2.52. The number of benzene rings is 1. The topological polar surface area (TPSA) is 78.7 Å². The van der Waals surface area contributed by atoms with E-state index >= 15 is 0 Å². The summed E-state index contributed by atoms with van der Waals surface area (Å²) in [7, 11) is 0. The van der Waals surface area contributed by atoms with Gasteiger partial charge in [0.2, 0.25) is 0 Å². The summed E-state index contributed by atoms with van der Waals surface area (Å²) < 4.78 is 1.57. The van der Waals surface area contributed by atoms with Gasteiger partial charge in [-0.1, -0.05) is 24.3 Å². The van der Waals surface area contributed by atoms with E-state index in [2.05, 4.69) is 4.98 Å². The molecule has 0 unspecified atom stereocenters. The fourth-order valence-electron chi connectivity index (χ4n) is 2.42. The molecule has 2 aromatic heterocycles. The molecule has 3 rings (SSSR count). The third-order valence-electron chi connectivity index (χ3n) is 3.71. The Morgan fingerprint density at radius 2 is 2.00 bits per heavy atom. The van der Waals surface area contributed by atoms with Crippen LogP contribution in [0.2, 0.25) is 0 Å². The number of hydrogen-bond donors (Lipinski definition) is 1. The van der Waals surface area contributed by atoms with Gasteiger partial charge in [-0.15, -0.1) is 0 Å². The molecular weight excluding hydrogens is 278 g/mol. The number of fused-ring (bicyclic) bond motifs is 1. The van der Waals surface area contributed by atoms with Crippen molar-refractivity contribution in [3.05, 3.63) is 80.0 Å². The van der Waals surface area contributed by atoms with Crippen molar-refractivity contribution in [1.29, 1.82) is 5.26 Å². The van der Waals surface area contributed by atoms with Crippen LogP contribution in [0.3, 0.4) is 0 Å². The number of aryl methyl sites for hydroxylation is 1. The highest BCUT2D eigenvalue weighted by Gasteiger charge is 2.08. The number of hydrogen-bond acceptors (Lipinski definition) is 3. The van der Waals surface area contributed by atoms with Gasteiger partial charge in [-0.3, -0.25) is 9.59 Å². The lowest BCUT2D eigenvalue weighted by Gasteiger charge is -2.09. The molecule has 5 nitrogen and oxygen atoms in total. The van der Waals surface area contributed by atoms with E-state index in [1.165, 1.54) is 6.07 Å². The van der Waals surface area contributed by atoms with Crippen molar-refractivity contribution in [3.63, 3.8) is 0 Å². The molecule has 22 heavy (non-hydrogen) atoms. The highest BCUT2D eigenvalue weighted by molar-refractivity contribution is 5.78. The summed E-state index contributed by atoms with van der Waals surface area (Å²) in [4.78, 5) is 26.7. The number of H-pyrrole nitrogens is 1. The Labute approximate surface area is 126 Å². The summed E-state index contributed by atoms with van der Waals surface area (Å²) in [5.74, 6) is 0.